The molecule has 0 bridgehead atoms. The molecule has 4 rings (SSSR count). The average molecular weight is 422 g/mol. The fraction of sp³-hybridized carbons (Fsp3) is 0.375. The highest BCUT2D eigenvalue weighted by Crippen LogP contribution is 2.26. The predicted molar refractivity (Wildman–Crippen MR) is 114 cm³/mol. The smallest absolute Gasteiger partial charge is 0.344 e. The minimum atomic E-state index is -0.626. The molecule has 2 aromatic heterocycles. The highest BCUT2D eigenvalue weighted by Gasteiger charge is 2.25. The molecule has 7 heteroatoms. The number of benzene rings is 1. The van der Waals surface area contributed by atoms with Crippen LogP contribution in [0, 0.1) is 20.8 Å². The number of aryl methyl sites for hydroxylation is 2. The van der Waals surface area contributed by atoms with E-state index in [2.05, 4.69) is 9.72 Å². The van der Waals surface area contributed by atoms with Crippen LogP contribution in [0.4, 0.5) is 0 Å². The molecule has 1 aliphatic rings. The molecule has 1 atom stereocenters. The lowest BCUT2D eigenvalue weighted by atomic mass is 10.1. The van der Waals surface area contributed by atoms with Crippen molar-refractivity contribution in [2.45, 2.75) is 46.3 Å². The molecule has 7 nitrogen and oxygen atoms in total. The lowest BCUT2D eigenvalue weighted by Crippen LogP contribution is -2.18. The molecule has 0 amide bonds. The summed E-state index contributed by atoms with van der Waals surface area (Å²) in [7, 11) is 0. The summed E-state index contributed by atoms with van der Waals surface area (Å²) in [6.45, 7) is 6.70. The summed E-state index contributed by atoms with van der Waals surface area (Å²) in [5, 5.41) is 3.99. The van der Waals surface area contributed by atoms with Gasteiger partial charge in [-0.05, 0) is 39.7 Å². The summed E-state index contributed by atoms with van der Waals surface area (Å²) in [4.78, 5) is 25.6. The topological polar surface area (TPSA) is 83.6 Å². The van der Waals surface area contributed by atoms with Crippen molar-refractivity contribution >= 4 is 11.8 Å². The second kappa shape index (κ2) is 8.89. The van der Waals surface area contributed by atoms with E-state index in [1.807, 2.05) is 50.2 Å². The van der Waals surface area contributed by atoms with Crippen molar-refractivity contribution in [1.29, 1.82) is 0 Å². The standard InChI is InChI=1S/C24H26N2O5/c1-15-12-20(16(2)26(15)13-19-10-7-11-29-19)21(27)14-30-24(28)22-17(3)31-25-23(22)18-8-5-4-6-9-18/h4-6,8-9,12,19H,7,10-11,13-14H2,1-3H3/t19-/m1/s1. The molecular formula is C24H26N2O5. The molecule has 162 valence electrons. The van der Waals surface area contributed by atoms with Crippen LogP contribution in [0.15, 0.2) is 40.9 Å². The normalized spacial score (nSPS) is 15.9. The zero-order valence-electron chi connectivity index (χ0n) is 18.0. The van der Waals surface area contributed by atoms with Crippen molar-refractivity contribution in [2.24, 2.45) is 0 Å². The van der Waals surface area contributed by atoms with E-state index in [-0.39, 0.29) is 24.1 Å². The molecule has 0 spiro atoms. The monoisotopic (exact) mass is 422 g/mol. The van der Waals surface area contributed by atoms with Crippen molar-refractivity contribution in [1.82, 2.24) is 9.72 Å². The number of rotatable bonds is 7. The minimum Gasteiger partial charge on any atom is -0.454 e. The molecule has 1 aliphatic heterocycles. The number of carbonyl (C=O) groups excluding carboxylic acids is 2. The van der Waals surface area contributed by atoms with E-state index in [9.17, 15) is 9.59 Å². The Hall–Kier alpha value is -3.19. The van der Waals surface area contributed by atoms with Crippen molar-refractivity contribution < 1.29 is 23.6 Å². The van der Waals surface area contributed by atoms with E-state index in [0.717, 1.165) is 42.9 Å². The van der Waals surface area contributed by atoms with Crippen LogP contribution in [0.25, 0.3) is 11.3 Å². The van der Waals surface area contributed by atoms with Gasteiger partial charge in [-0.25, -0.2) is 4.79 Å². The number of aromatic nitrogens is 2. The summed E-state index contributed by atoms with van der Waals surface area (Å²) in [6, 6.07) is 11.1. The molecule has 0 aliphatic carbocycles. The Bertz CT molecular complexity index is 1090. The first-order valence-corrected chi connectivity index (χ1v) is 10.5. The maximum atomic E-state index is 12.8. The summed E-state index contributed by atoms with van der Waals surface area (Å²) < 4.78 is 18.4. The first kappa shape index (κ1) is 21.1. The number of ketones is 1. The summed E-state index contributed by atoms with van der Waals surface area (Å²) in [5.74, 6) is -0.513. The van der Waals surface area contributed by atoms with E-state index >= 15 is 0 Å². The lowest BCUT2D eigenvalue weighted by Gasteiger charge is -2.14. The van der Waals surface area contributed by atoms with Crippen LogP contribution >= 0.6 is 0 Å². The van der Waals surface area contributed by atoms with E-state index in [0.29, 0.717) is 17.0 Å². The maximum absolute atomic E-state index is 12.8. The molecule has 31 heavy (non-hydrogen) atoms. The summed E-state index contributed by atoms with van der Waals surface area (Å²) >= 11 is 0. The van der Waals surface area contributed by atoms with Gasteiger partial charge in [-0.15, -0.1) is 0 Å². The zero-order valence-corrected chi connectivity index (χ0v) is 18.0. The minimum absolute atomic E-state index is 0.179. The van der Waals surface area contributed by atoms with Crippen molar-refractivity contribution in [3.8, 4) is 11.3 Å². The zero-order chi connectivity index (χ0) is 22.0. The molecule has 3 heterocycles. The Morgan fingerprint density at radius 3 is 2.68 bits per heavy atom. The SMILES string of the molecule is Cc1onc(-c2ccccc2)c1C(=O)OCC(=O)c1cc(C)n(C[C@H]2CCCO2)c1C. The molecule has 1 saturated heterocycles. The Morgan fingerprint density at radius 1 is 1.19 bits per heavy atom. The number of carbonyl (C=O) groups is 2. The highest BCUT2D eigenvalue weighted by molar-refractivity contribution is 6.02. The first-order chi connectivity index (χ1) is 15.0. The van der Waals surface area contributed by atoms with Crippen LogP contribution in [0.1, 0.15) is 50.7 Å². The van der Waals surface area contributed by atoms with Crippen LogP contribution in [0.2, 0.25) is 0 Å². The number of hydrogen-bond acceptors (Lipinski definition) is 6. The number of hydrogen-bond donors (Lipinski definition) is 0. The fourth-order valence-electron chi connectivity index (χ4n) is 4.04. The van der Waals surface area contributed by atoms with Crippen LogP contribution in [0.5, 0.6) is 0 Å². The Kier molecular flexibility index (Phi) is 6.04. The van der Waals surface area contributed by atoms with Gasteiger partial charge in [0.25, 0.3) is 0 Å². The van der Waals surface area contributed by atoms with Crippen molar-refractivity contribution in [2.75, 3.05) is 13.2 Å². The van der Waals surface area contributed by atoms with E-state index in [1.165, 1.54) is 0 Å². The van der Waals surface area contributed by atoms with Crippen LogP contribution in [0.3, 0.4) is 0 Å². The molecule has 1 aromatic carbocycles. The van der Waals surface area contributed by atoms with Gasteiger partial charge in [-0.2, -0.15) is 0 Å². The van der Waals surface area contributed by atoms with Crippen LogP contribution < -0.4 is 0 Å². The number of Topliss-reactive ketones (excluding diaryl/α,β-unsaturated/α-hetero) is 1. The molecule has 0 radical (unpaired) electrons. The van der Waals surface area contributed by atoms with Gasteiger partial charge >= 0.3 is 5.97 Å². The predicted octanol–water partition coefficient (Wildman–Crippen LogP) is 4.29. The summed E-state index contributed by atoms with van der Waals surface area (Å²) in [5.41, 5.74) is 3.81. The third-order valence-corrected chi connectivity index (χ3v) is 5.73. The van der Waals surface area contributed by atoms with Crippen LogP contribution in [-0.2, 0) is 16.0 Å². The van der Waals surface area contributed by atoms with Gasteiger partial charge in [-0.3, -0.25) is 4.79 Å². The number of nitrogens with zero attached hydrogens (tertiary/aromatic N) is 2. The Morgan fingerprint density at radius 2 is 1.97 bits per heavy atom. The average Bonchev–Trinajstić information content (AvgIpc) is 3.49. The van der Waals surface area contributed by atoms with Gasteiger partial charge in [0.15, 0.2) is 6.61 Å². The molecule has 0 saturated carbocycles. The van der Waals surface area contributed by atoms with Crippen LogP contribution in [-0.4, -0.2) is 40.8 Å². The van der Waals surface area contributed by atoms with Gasteiger partial charge in [0.1, 0.15) is 17.0 Å². The van der Waals surface area contributed by atoms with Gasteiger partial charge in [0.2, 0.25) is 5.78 Å². The third-order valence-electron chi connectivity index (χ3n) is 5.73. The number of esters is 1. The number of ether oxygens (including phenoxy) is 2. The highest BCUT2D eigenvalue weighted by atomic mass is 16.5. The Balaban J connectivity index is 1.46. The summed E-state index contributed by atoms with van der Waals surface area (Å²) in [6.07, 6.45) is 2.28. The second-order valence-corrected chi connectivity index (χ2v) is 7.86. The first-order valence-electron chi connectivity index (χ1n) is 10.5. The largest absolute Gasteiger partial charge is 0.454 e. The molecule has 0 N–H and O–H groups in total. The lowest BCUT2D eigenvalue weighted by molar-refractivity contribution is 0.0473. The molecule has 1 fully saturated rings. The molecule has 3 aromatic rings. The van der Waals surface area contributed by atoms with E-state index in [1.54, 1.807) is 6.92 Å². The van der Waals surface area contributed by atoms with Gasteiger partial charge < -0.3 is 18.6 Å². The molecule has 0 unspecified atom stereocenters. The van der Waals surface area contributed by atoms with Crippen molar-refractivity contribution in [3.63, 3.8) is 0 Å². The maximum Gasteiger partial charge on any atom is 0.344 e. The van der Waals surface area contributed by atoms with Gasteiger partial charge in [-0.1, -0.05) is 35.5 Å². The van der Waals surface area contributed by atoms with Gasteiger partial charge in [0.05, 0.1) is 6.10 Å². The fourth-order valence-corrected chi connectivity index (χ4v) is 4.04. The molecular weight excluding hydrogens is 396 g/mol. The van der Waals surface area contributed by atoms with Gasteiger partial charge in [0, 0.05) is 35.7 Å². The quantitative estimate of drug-likeness (QED) is 0.417. The third kappa shape index (κ3) is 4.32. The second-order valence-electron chi connectivity index (χ2n) is 7.86. The Labute approximate surface area is 180 Å². The van der Waals surface area contributed by atoms with E-state index in [4.69, 9.17) is 14.0 Å². The van der Waals surface area contributed by atoms with E-state index < -0.39 is 5.97 Å². The van der Waals surface area contributed by atoms with Crippen molar-refractivity contribution in [3.05, 3.63) is 64.7 Å².